The van der Waals surface area contributed by atoms with Gasteiger partial charge in [0.2, 0.25) is 0 Å². The first-order valence-electron chi connectivity index (χ1n) is 15.3. The van der Waals surface area contributed by atoms with Gasteiger partial charge < -0.3 is 0 Å². The number of hydrogen-bond donors (Lipinski definition) is 0. The molecule has 0 radical (unpaired) electrons. The molecule has 5 rings (SSSR count). The van der Waals surface area contributed by atoms with Crippen LogP contribution in [0.4, 0.5) is 0 Å². The maximum absolute atomic E-state index is 2.71. The van der Waals surface area contributed by atoms with E-state index in [0.717, 1.165) is 0 Å². The molecule has 0 amide bonds. The van der Waals surface area contributed by atoms with Crippen LogP contribution in [0.25, 0.3) is 5.20 Å². The van der Waals surface area contributed by atoms with Crippen LogP contribution >= 0.6 is 0 Å². The summed E-state index contributed by atoms with van der Waals surface area (Å²) in [6, 6.07) is 7.46. The van der Waals surface area contributed by atoms with Crippen molar-refractivity contribution in [3.63, 3.8) is 0 Å². The molecule has 0 N–H and O–H groups in total. The van der Waals surface area contributed by atoms with E-state index in [1.54, 1.807) is 38.6 Å². The number of fused-ring (bicyclic) bond motifs is 4. The van der Waals surface area contributed by atoms with Gasteiger partial charge in [0.15, 0.2) is 0 Å². The van der Waals surface area contributed by atoms with E-state index in [4.69, 9.17) is 0 Å². The highest BCUT2D eigenvalue weighted by Crippen LogP contribution is 2.60. The third-order valence-corrected chi connectivity index (χ3v) is 15.3. The maximum Gasteiger partial charge on any atom is 0.0894 e. The van der Waals surface area contributed by atoms with Gasteiger partial charge >= 0.3 is 0 Å². The van der Waals surface area contributed by atoms with Crippen LogP contribution in [-0.2, 0) is 5.41 Å². The van der Waals surface area contributed by atoms with Crippen LogP contribution in [0.1, 0.15) is 123 Å². The Morgan fingerprint density at radius 2 is 1.33 bits per heavy atom. The molecule has 0 aromatic heterocycles. The molecule has 4 atom stereocenters. The predicted molar refractivity (Wildman–Crippen MR) is 175 cm³/mol. The summed E-state index contributed by atoms with van der Waals surface area (Å²) in [6.07, 6.45) is 7.54. The second-order valence-electron chi connectivity index (χ2n) is 15.7. The Bertz CT molecular complexity index is 1460. The molecule has 0 aliphatic heterocycles. The van der Waals surface area contributed by atoms with Crippen LogP contribution in [0, 0.1) is 39.0 Å². The summed E-state index contributed by atoms with van der Waals surface area (Å²) in [5.74, 6) is 1.63. The summed E-state index contributed by atoms with van der Waals surface area (Å²) in [6.45, 7) is 34.2. The van der Waals surface area contributed by atoms with E-state index >= 15 is 0 Å². The molecule has 208 valence electrons. The lowest BCUT2D eigenvalue weighted by atomic mass is 9.79. The second kappa shape index (κ2) is 8.94. The summed E-state index contributed by atoms with van der Waals surface area (Å²) >= 11 is 0. The van der Waals surface area contributed by atoms with E-state index in [0.29, 0.717) is 23.3 Å². The van der Waals surface area contributed by atoms with Crippen molar-refractivity contribution in [3.05, 3.63) is 97.6 Å². The van der Waals surface area contributed by atoms with Gasteiger partial charge in [-0.2, -0.15) is 0 Å². The molecule has 2 aromatic carbocycles. The van der Waals surface area contributed by atoms with Crippen molar-refractivity contribution in [1.29, 1.82) is 0 Å². The monoisotopic (exact) mass is 536 g/mol. The molecule has 0 saturated heterocycles. The van der Waals surface area contributed by atoms with E-state index in [9.17, 15) is 0 Å². The van der Waals surface area contributed by atoms with Gasteiger partial charge in [-0.15, -0.1) is 0 Å². The SMILES string of the molecule is Cc1c(C)c(C)c2c(c1C)C(C)C(C)[C@@H]2[Si](C)(C)C1=C2C=C(C(C)(C)C)C=C[C@@H]2c2ccc(C(C)(C)C)cc21. The van der Waals surface area contributed by atoms with Crippen molar-refractivity contribution in [2.75, 3.05) is 0 Å². The van der Waals surface area contributed by atoms with Crippen molar-refractivity contribution in [2.45, 2.75) is 119 Å². The van der Waals surface area contributed by atoms with E-state index in [1.807, 2.05) is 0 Å². The van der Waals surface area contributed by atoms with Crippen molar-refractivity contribution in [1.82, 2.24) is 0 Å². The molecule has 0 spiro atoms. The first-order chi connectivity index (χ1) is 17.9. The summed E-state index contributed by atoms with van der Waals surface area (Å²) in [5, 5.41) is 1.73. The highest BCUT2D eigenvalue weighted by molar-refractivity contribution is 6.96. The van der Waals surface area contributed by atoms with Gasteiger partial charge in [0.05, 0.1) is 8.07 Å². The number of rotatable bonds is 2. The van der Waals surface area contributed by atoms with Crippen molar-refractivity contribution in [3.8, 4) is 0 Å². The number of benzene rings is 2. The first-order valence-corrected chi connectivity index (χ1v) is 18.4. The third kappa shape index (κ3) is 4.13. The predicted octanol–water partition coefficient (Wildman–Crippen LogP) is 10.9. The lowest BCUT2D eigenvalue weighted by Gasteiger charge is -2.38. The minimum absolute atomic E-state index is 0.136. The molecule has 2 aromatic rings. The summed E-state index contributed by atoms with van der Waals surface area (Å²) < 4.78 is 0. The largest absolute Gasteiger partial charge is 0.0894 e. The Morgan fingerprint density at radius 3 is 1.90 bits per heavy atom. The zero-order valence-electron chi connectivity index (χ0n) is 27.3. The Labute approximate surface area is 240 Å². The first kappa shape index (κ1) is 28.4. The van der Waals surface area contributed by atoms with Crippen LogP contribution < -0.4 is 0 Å². The van der Waals surface area contributed by atoms with Crippen molar-refractivity contribution >= 4 is 13.3 Å². The Kier molecular flexibility index (Phi) is 6.51. The molecule has 3 aliphatic rings. The summed E-state index contributed by atoms with van der Waals surface area (Å²) in [5.41, 5.74) is 18.0. The van der Waals surface area contributed by atoms with Crippen LogP contribution in [0.15, 0.2) is 47.6 Å². The Balaban J connectivity index is 1.82. The van der Waals surface area contributed by atoms with Gasteiger partial charge in [-0.1, -0.05) is 105 Å². The van der Waals surface area contributed by atoms with Crippen molar-refractivity contribution < 1.29 is 0 Å². The normalized spacial score (nSPS) is 24.6. The zero-order chi connectivity index (χ0) is 29.0. The van der Waals surface area contributed by atoms with Gasteiger partial charge in [0.1, 0.15) is 0 Å². The zero-order valence-corrected chi connectivity index (χ0v) is 28.3. The molecule has 0 heterocycles. The molecule has 0 fully saturated rings. The molecule has 1 heteroatoms. The highest BCUT2D eigenvalue weighted by Gasteiger charge is 2.51. The van der Waals surface area contributed by atoms with E-state index in [1.165, 1.54) is 27.8 Å². The van der Waals surface area contributed by atoms with Crippen LogP contribution in [0.3, 0.4) is 0 Å². The van der Waals surface area contributed by atoms with Crippen LogP contribution in [-0.4, -0.2) is 8.07 Å². The molecular formula is C38H52Si. The molecule has 0 nitrogen and oxygen atoms in total. The summed E-state index contributed by atoms with van der Waals surface area (Å²) in [4.78, 5) is 0. The molecule has 0 bridgehead atoms. The van der Waals surface area contributed by atoms with Gasteiger partial charge in [-0.05, 0) is 122 Å². The third-order valence-electron chi connectivity index (χ3n) is 11.1. The average molecular weight is 537 g/mol. The fraction of sp³-hybridized carbons (Fsp3) is 0.526. The highest BCUT2D eigenvalue weighted by atomic mass is 28.3. The van der Waals surface area contributed by atoms with Crippen LogP contribution in [0.5, 0.6) is 0 Å². The average Bonchev–Trinajstić information content (AvgIpc) is 3.32. The van der Waals surface area contributed by atoms with E-state index in [2.05, 4.69) is 133 Å². The standard InChI is InChI=1S/C38H52Si/c1-21-22(2)24(4)34-33(23(21)3)25(5)26(6)35(34)39(13,14)36-31-19-27(37(7,8)9)15-17-29(31)30-18-16-28(20-32(30)36)38(10,11)12/h15-20,25-26,29,35H,1-14H3/t25?,26?,29-,35+/m1/s1. The molecule has 2 unspecified atom stereocenters. The summed E-state index contributed by atoms with van der Waals surface area (Å²) in [7, 11) is -2.02. The minimum atomic E-state index is -2.02. The van der Waals surface area contributed by atoms with Gasteiger partial charge in [0, 0.05) is 5.92 Å². The number of allylic oxidation sites excluding steroid dienone is 5. The number of hydrogen-bond acceptors (Lipinski definition) is 0. The Morgan fingerprint density at radius 1 is 0.744 bits per heavy atom. The smallest absolute Gasteiger partial charge is 0.0723 e. The van der Waals surface area contributed by atoms with Crippen molar-refractivity contribution in [2.24, 2.45) is 11.3 Å². The fourth-order valence-corrected chi connectivity index (χ4v) is 13.2. The fourth-order valence-electron chi connectivity index (χ4n) is 8.31. The molecule has 0 saturated carbocycles. The van der Waals surface area contributed by atoms with Crippen LogP contribution in [0.2, 0.25) is 13.1 Å². The molecule has 3 aliphatic carbocycles. The maximum atomic E-state index is 2.71. The van der Waals surface area contributed by atoms with Gasteiger partial charge in [-0.3, -0.25) is 0 Å². The lowest BCUT2D eigenvalue weighted by Crippen LogP contribution is -2.40. The molecule has 39 heavy (non-hydrogen) atoms. The van der Waals surface area contributed by atoms with E-state index < -0.39 is 8.07 Å². The Hall–Kier alpha value is -2.12. The minimum Gasteiger partial charge on any atom is -0.0723 e. The quantitative estimate of drug-likeness (QED) is 0.335. The molecular weight excluding hydrogens is 485 g/mol. The lowest BCUT2D eigenvalue weighted by molar-refractivity contribution is 0.508. The van der Waals surface area contributed by atoms with E-state index in [-0.39, 0.29) is 10.8 Å². The van der Waals surface area contributed by atoms with Gasteiger partial charge in [0.25, 0.3) is 0 Å². The van der Waals surface area contributed by atoms with Gasteiger partial charge in [-0.25, -0.2) is 0 Å². The second-order valence-corrected chi connectivity index (χ2v) is 20.3. The topological polar surface area (TPSA) is 0 Å².